The number of aromatic nitrogens is 3. The predicted molar refractivity (Wildman–Crippen MR) is 82.2 cm³/mol. The van der Waals surface area contributed by atoms with Gasteiger partial charge in [0, 0.05) is 14.1 Å². The van der Waals surface area contributed by atoms with Crippen LogP contribution in [-0.2, 0) is 20.1 Å². The Hall–Kier alpha value is -1.58. The molecule has 0 aliphatic rings. The molecule has 2 N–H and O–H groups in total. The highest BCUT2D eigenvalue weighted by Crippen LogP contribution is 1.98. The lowest BCUT2D eigenvalue weighted by Gasteiger charge is -2.10. The van der Waals surface area contributed by atoms with Gasteiger partial charge in [0.1, 0.15) is 5.76 Å². The van der Waals surface area contributed by atoms with E-state index in [-0.39, 0.29) is 24.0 Å². The van der Waals surface area contributed by atoms with Crippen molar-refractivity contribution in [2.75, 3.05) is 7.05 Å². The van der Waals surface area contributed by atoms with Crippen LogP contribution in [0.3, 0.4) is 0 Å². The molecule has 0 aliphatic carbocycles. The second kappa shape index (κ2) is 7.77. The predicted octanol–water partition coefficient (Wildman–Crippen LogP) is 0.891. The Labute approximate surface area is 128 Å². The minimum Gasteiger partial charge on any atom is -0.467 e. The molecule has 0 bridgehead atoms. The topological polar surface area (TPSA) is 80.3 Å². The number of aliphatic imine (C=N–C) groups is 1. The van der Waals surface area contributed by atoms with Gasteiger partial charge in [-0.05, 0) is 12.1 Å². The van der Waals surface area contributed by atoms with Gasteiger partial charge in [0.25, 0.3) is 0 Å². The fourth-order valence-electron chi connectivity index (χ4n) is 1.45. The number of halogens is 1. The van der Waals surface area contributed by atoms with Gasteiger partial charge in [0.05, 0.1) is 31.2 Å². The lowest BCUT2D eigenvalue weighted by atomic mass is 10.4. The van der Waals surface area contributed by atoms with Gasteiger partial charge < -0.3 is 15.1 Å². The standard InChI is InChI=1S/C11H16N6O.HI/c1-12-11(14-8-10-4-3-5-18-10)13-6-9-7-15-16-17(9)2;/h3-5,7H,6,8H2,1-2H3,(H2,12,13,14);1H. The van der Waals surface area contributed by atoms with E-state index >= 15 is 0 Å². The number of aryl methyl sites for hydroxylation is 1. The molecule has 0 atom stereocenters. The molecule has 0 unspecified atom stereocenters. The molecule has 19 heavy (non-hydrogen) atoms. The molecule has 0 spiro atoms. The Kier molecular flexibility index (Phi) is 6.33. The number of guanidine groups is 1. The Morgan fingerprint density at radius 2 is 2.21 bits per heavy atom. The Bertz CT molecular complexity index is 507. The molecule has 2 rings (SSSR count). The fraction of sp³-hybridized carbons (Fsp3) is 0.364. The SMILES string of the molecule is CN=C(NCc1ccco1)NCc1cnnn1C.I. The summed E-state index contributed by atoms with van der Waals surface area (Å²) >= 11 is 0. The smallest absolute Gasteiger partial charge is 0.191 e. The fourth-order valence-corrected chi connectivity index (χ4v) is 1.45. The van der Waals surface area contributed by atoms with E-state index in [0.717, 1.165) is 11.5 Å². The zero-order chi connectivity index (χ0) is 12.8. The zero-order valence-electron chi connectivity index (χ0n) is 10.8. The highest BCUT2D eigenvalue weighted by atomic mass is 127. The molecule has 0 radical (unpaired) electrons. The van der Waals surface area contributed by atoms with Crippen molar-refractivity contribution in [3.05, 3.63) is 36.0 Å². The maximum atomic E-state index is 5.23. The molecule has 104 valence electrons. The highest BCUT2D eigenvalue weighted by molar-refractivity contribution is 14.0. The number of hydrogen-bond donors (Lipinski definition) is 2. The van der Waals surface area contributed by atoms with Crippen LogP contribution in [0.4, 0.5) is 0 Å². The first-order chi connectivity index (χ1) is 8.79. The van der Waals surface area contributed by atoms with Crippen molar-refractivity contribution in [3.63, 3.8) is 0 Å². The summed E-state index contributed by atoms with van der Waals surface area (Å²) in [6.07, 6.45) is 3.36. The summed E-state index contributed by atoms with van der Waals surface area (Å²) in [5, 5.41) is 14.0. The maximum Gasteiger partial charge on any atom is 0.191 e. The lowest BCUT2D eigenvalue weighted by Crippen LogP contribution is -2.36. The van der Waals surface area contributed by atoms with Gasteiger partial charge in [-0.15, -0.1) is 29.1 Å². The summed E-state index contributed by atoms with van der Waals surface area (Å²) in [4.78, 5) is 4.12. The van der Waals surface area contributed by atoms with Crippen molar-refractivity contribution >= 4 is 29.9 Å². The molecule has 2 aromatic rings. The molecule has 2 heterocycles. The quantitative estimate of drug-likeness (QED) is 0.471. The molecule has 7 nitrogen and oxygen atoms in total. The summed E-state index contributed by atoms with van der Waals surface area (Å²) in [6.45, 7) is 1.21. The molecular weight excluding hydrogens is 359 g/mol. The van der Waals surface area contributed by atoms with E-state index in [2.05, 4.69) is 25.9 Å². The number of rotatable bonds is 4. The van der Waals surface area contributed by atoms with Crippen LogP contribution in [0.2, 0.25) is 0 Å². The number of nitrogens with one attached hydrogen (secondary N) is 2. The first-order valence-corrected chi connectivity index (χ1v) is 5.60. The van der Waals surface area contributed by atoms with Crippen LogP contribution in [0.5, 0.6) is 0 Å². The van der Waals surface area contributed by atoms with Crippen molar-refractivity contribution in [3.8, 4) is 0 Å². The van der Waals surface area contributed by atoms with Gasteiger partial charge >= 0.3 is 0 Å². The Balaban J connectivity index is 0.00000180. The van der Waals surface area contributed by atoms with Gasteiger partial charge in [-0.2, -0.15) is 0 Å². The summed E-state index contributed by atoms with van der Waals surface area (Å²) in [7, 11) is 3.57. The summed E-state index contributed by atoms with van der Waals surface area (Å²) in [6, 6.07) is 3.76. The second-order valence-corrected chi connectivity index (χ2v) is 3.71. The highest BCUT2D eigenvalue weighted by Gasteiger charge is 2.02. The molecule has 8 heteroatoms. The summed E-state index contributed by atoms with van der Waals surface area (Å²) in [5.41, 5.74) is 0.982. The average molecular weight is 376 g/mol. The van der Waals surface area contributed by atoms with E-state index in [1.807, 2.05) is 19.2 Å². The molecule has 0 fully saturated rings. The molecule has 0 aliphatic heterocycles. The normalized spacial score (nSPS) is 10.9. The summed E-state index contributed by atoms with van der Waals surface area (Å²) in [5.74, 6) is 1.56. The third kappa shape index (κ3) is 4.54. The van der Waals surface area contributed by atoms with E-state index in [1.165, 1.54) is 0 Å². The first kappa shape index (κ1) is 15.5. The summed E-state index contributed by atoms with van der Waals surface area (Å²) < 4.78 is 6.94. The lowest BCUT2D eigenvalue weighted by molar-refractivity contribution is 0.501. The van der Waals surface area contributed by atoms with Crippen LogP contribution in [-0.4, -0.2) is 28.0 Å². The van der Waals surface area contributed by atoms with Crippen LogP contribution < -0.4 is 10.6 Å². The van der Waals surface area contributed by atoms with Gasteiger partial charge in [-0.1, -0.05) is 5.21 Å². The second-order valence-electron chi connectivity index (χ2n) is 3.71. The third-order valence-corrected chi connectivity index (χ3v) is 2.48. The van der Waals surface area contributed by atoms with Crippen molar-refractivity contribution in [1.82, 2.24) is 25.6 Å². The molecule has 2 aromatic heterocycles. The van der Waals surface area contributed by atoms with Gasteiger partial charge in [0.2, 0.25) is 0 Å². The van der Waals surface area contributed by atoms with E-state index in [4.69, 9.17) is 4.42 Å². The van der Waals surface area contributed by atoms with Crippen LogP contribution in [0.15, 0.2) is 34.0 Å². The van der Waals surface area contributed by atoms with Crippen molar-refractivity contribution in [2.45, 2.75) is 13.1 Å². The Morgan fingerprint density at radius 1 is 1.42 bits per heavy atom. The Morgan fingerprint density at radius 3 is 2.79 bits per heavy atom. The average Bonchev–Trinajstić information content (AvgIpc) is 3.01. The third-order valence-electron chi connectivity index (χ3n) is 2.48. The molecule has 0 saturated heterocycles. The molecule has 0 amide bonds. The number of nitrogens with zero attached hydrogens (tertiary/aromatic N) is 4. The van der Waals surface area contributed by atoms with Gasteiger partial charge in [-0.3, -0.25) is 9.67 Å². The van der Waals surface area contributed by atoms with Crippen LogP contribution >= 0.6 is 24.0 Å². The van der Waals surface area contributed by atoms with Crippen LogP contribution in [0.25, 0.3) is 0 Å². The zero-order valence-corrected chi connectivity index (χ0v) is 13.2. The number of hydrogen-bond acceptors (Lipinski definition) is 4. The first-order valence-electron chi connectivity index (χ1n) is 5.60. The van der Waals surface area contributed by atoms with E-state index in [0.29, 0.717) is 19.0 Å². The van der Waals surface area contributed by atoms with E-state index in [9.17, 15) is 0 Å². The maximum absolute atomic E-state index is 5.23. The minimum atomic E-state index is 0. The van der Waals surface area contributed by atoms with Gasteiger partial charge in [0.15, 0.2) is 5.96 Å². The van der Waals surface area contributed by atoms with Crippen molar-refractivity contribution in [1.29, 1.82) is 0 Å². The van der Waals surface area contributed by atoms with E-state index in [1.54, 1.807) is 24.2 Å². The van der Waals surface area contributed by atoms with Crippen molar-refractivity contribution < 1.29 is 4.42 Å². The van der Waals surface area contributed by atoms with E-state index < -0.39 is 0 Å². The molecule has 0 aromatic carbocycles. The minimum absolute atomic E-state index is 0. The monoisotopic (exact) mass is 376 g/mol. The van der Waals surface area contributed by atoms with Crippen LogP contribution in [0, 0.1) is 0 Å². The van der Waals surface area contributed by atoms with Crippen molar-refractivity contribution in [2.24, 2.45) is 12.0 Å². The number of furan rings is 1. The molecule has 0 saturated carbocycles. The van der Waals surface area contributed by atoms with Crippen LogP contribution in [0.1, 0.15) is 11.5 Å². The largest absolute Gasteiger partial charge is 0.467 e. The molecular formula is C11H17IN6O. The van der Waals surface area contributed by atoms with Gasteiger partial charge in [-0.25, -0.2) is 0 Å².